The van der Waals surface area contributed by atoms with Crippen molar-refractivity contribution in [2.45, 2.75) is 154 Å². The lowest BCUT2D eigenvalue weighted by atomic mass is 10.1. The molecule has 3 aromatic rings. The van der Waals surface area contributed by atoms with Crippen LogP contribution in [0, 0.1) is 4.64 Å². The van der Waals surface area contributed by atoms with Crippen molar-refractivity contribution in [3.05, 3.63) is 86.5 Å². The molecule has 4 atom stereocenters. The summed E-state index contributed by atoms with van der Waals surface area (Å²) in [4.78, 5) is 16.9. The van der Waals surface area contributed by atoms with Gasteiger partial charge in [-0.05, 0) is 89.8 Å². The van der Waals surface area contributed by atoms with Crippen LogP contribution in [0.15, 0.2) is 59.5 Å². The van der Waals surface area contributed by atoms with Crippen molar-refractivity contribution >= 4 is 37.2 Å². The summed E-state index contributed by atoms with van der Waals surface area (Å²) in [5.41, 5.74) is 2.50. The monoisotopic (exact) mass is 828 g/mol. The maximum absolute atomic E-state index is 14.0. The molecule has 0 saturated carbocycles. The molecule has 1 aliphatic rings. The highest BCUT2D eigenvalue weighted by molar-refractivity contribution is 7.71. The van der Waals surface area contributed by atoms with Gasteiger partial charge in [-0.1, -0.05) is 98.8 Å². The second-order valence-corrected chi connectivity index (χ2v) is 34.3. The highest BCUT2D eigenvalue weighted by atomic mass is 32.1. The largest absolute Gasteiger partial charge is 0.497 e. The second-order valence-electron chi connectivity index (χ2n) is 19.6. The van der Waals surface area contributed by atoms with Gasteiger partial charge in [0.1, 0.15) is 41.1 Å². The van der Waals surface area contributed by atoms with Crippen LogP contribution in [-0.4, -0.2) is 66.5 Å². The van der Waals surface area contributed by atoms with Gasteiger partial charge in [-0.3, -0.25) is 9.55 Å². The highest BCUT2D eigenvalue weighted by Gasteiger charge is 2.55. The van der Waals surface area contributed by atoms with Gasteiger partial charge in [-0.15, -0.1) is 0 Å². The molecule has 1 fully saturated rings. The lowest BCUT2D eigenvalue weighted by Gasteiger charge is -2.44. The van der Waals surface area contributed by atoms with E-state index in [9.17, 15) is 4.79 Å². The normalized spacial score (nSPS) is 20.1. The van der Waals surface area contributed by atoms with Crippen molar-refractivity contribution in [1.82, 2.24) is 9.55 Å². The van der Waals surface area contributed by atoms with E-state index in [4.69, 9.17) is 39.7 Å². The molecule has 1 aromatic heterocycles. The number of nitrogens with one attached hydrogen (secondary N) is 1. The molecule has 2 heterocycles. The zero-order valence-electron chi connectivity index (χ0n) is 36.3. The number of ether oxygens (including phenoxy) is 3. The molecule has 1 saturated heterocycles. The molecule has 0 amide bonds. The standard InChI is InChI=1S/C42H68N2O7SSi3/c1-40(2,3)53(11,12)48-28-34-35(50-54(13,14)41(4,5)6)36(51-55(15,16)42(7,8)9)38(49-34)44-26-31(37(52)43-39(44)45)24-29-20-22-32(23-21-29)47-27-30-18-17-19-33(25-30)46-10/h17-23,25-26,34-36,38H,24,27-28H2,1-16H3,(H,43,45,52)/t34-,35-,36-,38-/m1/s1. The molecule has 0 bridgehead atoms. The average molecular weight is 829 g/mol. The predicted octanol–water partition coefficient (Wildman–Crippen LogP) is 10.8. The van der Waals surface area contributed by atoms with E-state index in [1.54, 1.807) is 11.7 Å². The molecule has 0 spiro atoms. The van der Waals surface area contributed by atoms with Crippen molar-refractivity contribution in [3.8, 4) is 11.5 Å². The number of hydrogen-bond acceptors (Lipinski definition) is 8. The summed E-state index contributed by atoms with van der Waals surface area (Å²) in [5.74, 6) is 1.55. The van der Waals surface area contributed by atoms with E-state index in [1.165, 1.54) is 0 Å². The number of rotatable bonds is 14. The minimum atomic E-state index is -2.41. The SMILES string of the molecule is COc1cccc(COc2ccc(Cc3cn([C@@H]4O[C@H](CO[Si](C)(C)C(C)(C)C)[C@@H](O[Si](C)(C)C(C)(C)C)[C@H]4O[Si](C)(C)C(C)(C)C)c(=O)[nH]c3=S)cc2)c1. The summed E-state index contributed by atoms with van der Waals surface area (Å²) in [6.07, 6.45) is 0.135. The van der Waals surface area contributed by atoms with E-state index in [1.807, 2.05) is 54.7 Å². The van der Waals surface area contributed by atoms with E-state index in [0.717, 1.165) is 28.2 Å². The minimum absolute atomic E-state index is 0.0122. The van der Waals surface area contributed by atoms with Gasteiger partial charge in [0, 0.05) is 18.2 Å². The van der Waals surface area contributed by atoms with Crippen LogP contribution in [0.1, 0.15) is 85.2 Å². The van der Waals surface area contributed by atoms with Crippen LogP contribution in [0.4, 0.5) is 0 Å². The third kappa shape index (κ3) is 11.0. The zero-order chi connectivity index (χ0) is 41.4. The van der Waals surface area contributed by atoms with Crippen LogP contribution in [0.5, 0.6) is 11.5 Å². The topological polar surface area (TPSA) is 93.2 Å². The van der Waals surface area contributed by atoms with Crippen LogP contribution >= 0.6 is 12.2 Å². The first-order valence-corrected chi connectivity index (χ1v) is 28.6. The van der Waals surface area contributed by atoms with Gasteiger partial charge in [0.2, 0.25) is 0 Å². The van der Waals surface area contributed by atoms with Gasteiger partial charge in [0.05, 0.1) is 13.7 Å². The minimum Gasteiger partial charge on any atom is -0.497 e. The van der Waals surface area contributed by atoms with Gasteiger partial charge >= 0.3 is 5.69 Å². The zero-order valence-corrected chi connectivity index (χ0v) is 40.2. The van der Waals surface area contributed by atoms with E-state index in [2.05, 4.69) is 107 Å². The molecule has 13 heteroatoms. The Morgan fingerprint density at radius 1 is 0.764 bits per heavy atom. The smallest absolute Gasteiger partial charge is 0.328 e. The molecule has 55 heavy (non-hydrogen) atoms. The quantitative estimate of drug-likeness (QED) is 0.127. The highest BCUT2D eigenvalue weighted by Crippen LogP contribution is 2.46. The van der Waals surface area contributed by atoms with Crippen LogP contribution in [0.2, 0.25) is 54.4 Å². The maximum Gasteiger partial charge on any atom is 0.328 e. The Bertz CT molecular complexity index is 1870. The molecular weight excluding hydrogens is 761 g/mol. The van der Waals surface area contributed by atoms with Gasteiger partial charge in [0.15, 0.2) is 31.2 Å². The van der Waals surface area contributed by atoms with E-state index in [-0.39, 0.29) is 20.8 Å². The lowest BCUT2D eigenvalue weighted by molar-refractivity contribution is -0.0510. The number of methoxy groups -OCH3 is 1. The van der Waals surface area contributed by atoms with Crippen molar-refractivity contribution < 1.29 is 27.5 Å². The average Bonchev–Trinajstić information content (AvgIpc) is 3.38. The fourth-order valence-corrected chi connectivity index (χ4v) is 9.40. The van der Waals surface area contributed by atoms with E-state index >= 15 is 0 Å². The molecule has 0 aliphatic carbocycles. The fourth-order valence-electron chi connectivity index (χ4n) is 5.57. The Labute approximate surface area is 338 Å². The fraction of sp³-hybridized carbons (Fsp3) is 0.619. The van der Waals surface area contributed by atoms with Gasteiger partial charge in [-0.2, -0.15) is 0 Å². The molecule has 1 aliphatic heterocycles. The van der Waals surface area contributed by atoms with Crippen molar-refractivity contribution in [2.24, 2.45) is 0 Å². The first-order chi connectivity index (χ1) is 25.2. The molecule has 4 rings (SSSR count). The number of hydrogen-bond donors (Lipinski definition) is 1. The number of H-pyrrole nitrogens is 1. The lowest BCUT2D eigenvalue weighted by Crippen LogP contribution is -2.54. The Hall–Kier alpha value is -2.37. The second kappa shape index (κ2) is 16.8. The van der Waals surface area contributed by atoms with Crippen molar-refractivity contribution in [1.29, 1.82) is 0 Å². The van der Waals surface area contributed by atoms with Gasteiger partial charge in [0.25, 0.3) is 0 Å². The van der Waals surface area contributed by atoms with E-state index in [0.29, 0.717) is 24.3 Å². The first-order valence-electron chi connectivity index (χ1n) is 19.5. The summed E-state index contributed by atoms with van der Waals surface area (Å²) >= 11 is 5.75. The molecule has 2 aromatic carbocycles. The summed E-state index contributed by atoms with van der Waals surface area (Å²) < 4.78 is 41.9. The van der Waals surface area contributed by atoms with Crippen LogP contribution in [-0.2, 0) is 31.0 Å². The van der Waals surface area contributed by atoms with Crippen molar-refractivity contribution in [3.63, 3.8) is 0 Å². The molecule has 0 radical (unpaired) electrons. The molecule has 9 nitrogen and oxygen atoms in total. The number of aromatic nitrogens is 2. The predicted molar refractivity (Wildman–Crippen MR) is 234 cm³/mol. The molecule has 306 valence electrons. The van der Waals surface area contributed by atoms with Gasteiger partial charge < -0.3 is 27.5 Å². The summed E-state index contributed by atoms with van der Waals surface area (Å²) in [6, 6.07) is 15.8. The van der Waals surface area contributed by atoms with E-state index < -0.39 is 49.5 Å². The Morgan fingerprint density at radius 3 is 1.87 bits per heavy atom. The summed E-state index contributed by atoms with van der Waals surface area (Å²) in [6.45, 7) is 34.4. The van der Waals surface area contributed by atoms with Crippen LogP contribution in [0.3, 0.4) is 0 Å². The number of benzene rings is 2. The van der Waals surface area contributed by atoms with Crippen LogP contribution in [0.25, 0.3) is 0 Å². The molecule has 1 N–H and O–H groups in total. The van der Waals surface area contributed by atoms with Crippen molar-refractivity contribution in [2.75, 3.05) is 13.7 Å². The first kappa shape index (κ1) is 45.3. The summed E-state index contributed by atoms with van der Waals surface area (Å²) in [7, 11) is -5.26. The molecule has 0 unspecified atom stereocenters. The van der Waals surface area contributed by atoms with Gasteiger partial charge in [-0.25, -0.2) is 4.79 Å². The summed E-state index contributed by atoms with van der Waals surface area (Å²) in [5, 5.41) is -0.140. The van der Waals surface area contributed by atoms with Crippen LogP contribution < -0.4 is 15.2 Å². The number of aromatic amines is 1. The Balaban J connectivity index is 1.72. The Morgan fingerprint density at radius 2 is 1.33 bits per heavy atom. The third-order valence-corrected chi connectivity index (χ3v) is 26.2. The maximum atomic E-state index is 14.0. The molecular formula is C42H68N2O7SSi3. The third-order valence-electron chi connectivity index (χ3n) is 12.3. The Kier molecular flexibility index (Phi) is 13.9. The number of nitrogens with zero attached hydrogens (tertiary/aromatic N) is 1.